The number of hydrogen-bond donors (Lipinski definition) is 0. The fourth-order valence-electron chi connectivity index (χ4n) is 1.74. The van der Waals surface area contributed by atoms with Crippen molar-refractivity contribution in [2.75, 3.05) is 13.2 Å². The van der Waals surface area contributed by atoms with Crippen LogP contribution in [0.25, 0.3) is 0 Å². The van der Waals surface area contributed by atoms with E-state index in [1.807, 2.05) is 0 Å². The van der Waals surface area contributed by atoms with Crippen LogP contribution in [-0.4, -0.2) is 19.3 Å². The molecule has 5 heteroatoms. The van der Waals surface area contributed by atoms with Crippen LogP contribution in [0, 0.1) is 0 Å². The topological polar surface area (TPSA) is 44.8 Å². The van der Waals surface area contributed by atoms with E-state index in [2.05, 4.69) is 13.2 Å². The molecule has 1 aliphatic carbocycles. The number of rotatable bonds is 8. The van der Waals surface area contributed by atoms with Gasteiger partial charge in [0.2, 0.25) is 0 Å². The molecule has 0 heterocycles. The fraction of sp³-hybridized carbons (Fsp3) is 0.667. The lowest BCUT2D eigenvalue weighted by Gasteiger charge is -2.25. The van der Waals surface area contributed by atoms with E-state index in [0.717, 1.165) is 25.7 Å². The van der Waals surface area contributed by atoms with Crippen LogP contribution in [0.15, 0.2) is 25.3 Å². The van der Waals surface area contributed by atoms with Crippen LogP contribution in [0.3, 0.4) is 0 Å². The molecule has 0 saturated heterocycles. The Morgan fingerprint density at radius 2 is 1.59 bits per heavy atom. The second-order valence-corrected chi connectivity index (χ2v) is 5.60. The van der Waals surface area contributed by atoms with E-state index < -0.39 is 7.82 Å². The van der Waals surface area contributed by atoms with Gasteiger partial charge in [0, 0.05) is 0 Å². The van der Waals surface area contributed by atoms with Crippen LogP contribution < -0.4 is 0 Å². The maximum Gasteiger partial charge on any atom is 0.475 e. The average molecular weight is 260 g/mol. The van der Waals surface area contributed by atoms with Gasteiger partial charge >= 0.3 is 7.82 Å². The summed E-state index contributed by atoms with van der Waals surface area (Å²) in [4.78, 5) is 0. The Balaban J connectivity index is 2.50. The molecule has 17 heavy (non-hydrogen) atoms. The first-order valence-electron chi connectivity index (χ1n) is 5.99. The minimum atomic E-state index is -3.46. The summed E-state index contributed by atoms with van der Waals surface area (Å²) in [5.41, 5.74) is 0. The van der Waals surface area contributed by atoms with Crippen molar-refractivity contribution in [2.24, 2.45) is 0 Å². The zero-order valence-corrected chi connectivity index (χ0v) is 11.1. The van der Waals surface area contributed by atoms with Crippen molar-refractivity contribution in [2.45, 2.75) is 38.2 Å². The Kier molecular flexibility index (Phi) is 6.75. The second-order valence-electron chi connectivity index (χ2n) is 3.98. The molecule has 0 aromatic rings. The van der Waals surface area contributed by atoms with Gasteiger partial charge in [-0.3, -0.25) is 13.6 Å². The summed E-state index contributed by atoms with van der Waals surface area (Å²) in [5.74, 6) is 0. The monoisotopic (exact) mass is 260 g/mol. The fourth-order valence-corrected chi connectivity index (χ4v) is 3.09. The highest BCUT2D eigenvalue weighted by molar-refractivity contribution is 7.48. The lowest BCUT2D eigenvalue weighted by Crippen LogP contribution is -2.17. The van der Waals surface area contributed by atoms with Crippen LogP contribution in [-0.2, 0) is 18.1 Å². The number of phosphoric ester groups is 1. The normalized spacial score (nSPS) is 17.9. The lowest BCUT2D eigenvalue weighted by molar-refractivity contribution is 0.0715. The molecular weight excluding hydrogens is 239 g/mol. The number of hydrogen-bond acceptors (Lipinski definition) is 4. The van der Waals surface area contributed by atoms with E-state index in [1.54, 1.807) is 0 Å². The zero-order chi connectivity index (χ0) is 12.6. The van der Waals surface area contributed by atoms with Gasteiger partial charge < -0.3 is 0 Å². The van der Waals surface area contributed by atoms with Crippen molar-refractivity contribution in [1.29, 1.82) is 0 Å². The van der Waals surface area contributed by atoms with Crippen LogP contribution >= 0.6 is 7.82 Å². The molecule has 4 nitrogen and oxygen atoms in total. The summed E-state index contributed by atoms with van der Waals surface area (Å²) in [6, 6.07) is 0. The molecule has 0 N–H and O–H groups in total. The van der Waals surface area contributed by atoms with Crippen molar-refractivity contribution in [3.8, 4) is 0 Å². The summed E-state index contributed by atoms with van der Waals surface area (Å²) in [6.45, 7) is 7.33. The first-order valence-corrected chi connectivity index (χ1v) is 7.45. The Labute approximate surface area is 103 Å². The van der Waals surface area contributed by atoms with Crippen LogP contribution in [0.4, 0.5) is 0 Å². The summed E-state index contributed by atoms with van der Waals surface area (Å²) in [6.07, 6.45) is 8.27. The Bertz CT molecular complexity index is 268. The minimum Gasteiger partial charge on any atom is -0.284 e. The van der Waals surface area contributed by atoms with Gasteiger partial charge in [-0.15, -0.1) is 13.2 Å². The minimum absolute atomic E-state index is 0.0239. The molecule has 1 rings (SSSR count). The van der Waals surface area contributed by atoms with E-state index in [0.29, 0.717) is 0 Å². The standard InChI is InChI=1S/C12H21O4P/c1-3-10-14-17(13,15-11-4-2)16-12-8-6-5-7-9-12/h3-4,12H,1-2,5-11H2. The molecular formula is C12H21O4P. The second kappa shape index (κ2) is 7.83. The average Bonchev–Trinajstić information content (AvgIpc) is 2.35. The quantitative estimate of drug-likeness (QED) is 0.491. The van der Waals surface area contributed by atoms with Crippen molar-refractivity contribution >= 4 is 7.82 Å². The third kappa shape index (κ3) is 5.64. The highest BCUT2D eigenvalue weighted by atomic mass is 31.2. The van der Waals surface area contributed by atoms with Gasteiger partial charge in [-0.05, 0) is 12.8 Å². The SMILES string of the molecule is C=CCOP(=O)(OCC=C)OC1CCCCC1. The highest BCUT2D eigenvalue weighted by Crippen LogP contribution is 2.51. The summed E-state index contributed by atoms with van der Waals surface area (Å²) in [5, 5.41) is 0. The molecule has 0 unspecified atom stereocenters. The lowest BCUT2D eigenvalue weighted by atomic mass is 9.98. The molecule has 98 valence electrons. The Morgan fingerprint density at radius 1 is 1.06 bits per heavy atom. The van der Waals surface area contributed by atoms with Gasteiger partial charge in [-0.1, -0.05) is 31.4 Å². The Morgan fingerprint density at radius 3 is 2.06 bits per heavy atom. The van der Waals surface area contributed by atoms with Gasteiger partial charge in [0.05, 0.1) is 19.3 Å². The first-order chi connectivity index (χ1) is 8.20. The maximum atomic E-state index is 12.2. The smallest absolute Gasteiger partial charge is 0.284 e. The number of phosphoric acid groups is 1. The molecule has 0 bridgehead atoms. The van der Waals surface area contributed by atoms with Crippen molar-refractivity contribution in [1.82, 2.24) is 0 Å². The van der Waals surface area contributed by atoms with Gasteiger partial charge in [0.25, 0.3) is 0 Å². The molecule has 1 fully saturated rings. The summed E-state index contributed by atoms with van der Waals surface area (Å²) >= 11 is 0. The largest absolute Gasteiger partial charge is 0.475 e. The third-order valence-electron chi connectivity index (χ3n) is 2.53. The van der Waals surface area contributed by atoms with Gasteiger partial charge in [0.1, 0.15) is 0 Å². The van der Waals surface area contributed by atoms with Crippen molar-refractivity contribution in [3.05, 3.63) is 25.3 Å². The van der Waals surface area contributed by atoms with E-state index in [9.17, 15) is 4.57 Å². The maximum absolute atomic E-state index is 12.2. The van der Waals surface area contributed by atoms with Crippen LogP contribution in [0.2, 0.25) is 0 Å². The zero-order valence-electron chi connectivity index (χ0n) is 10.2. The summed E-state index contributed by atoms with van der Waals surface area (Å²) in [7, 11) is -3.46. The van der Waals surface area contributed by atoms with Crippen molar-refractivity contribution < 1.29 is 18.1 Å². The van der Waals surface area contributed by atoms with E-state index in [-0.39, 0.29) is 19.3 Å². The van der Waals surface area contributed by atoms with E-state index in [1.165, 1.54) is 18.6 Å². The molecule has 0 spiro atoms. The molecule has 0 aromatic heterocycles. The van der Waals surface area contributed by atoms with Crippen LogP contribution in [0.5, 0.6) is 0 Å². The first kappa shape index (κ1) is 14.7. The Hall–Kier alpha value is -0.410. The molecule has 0 atom stereocenters. The van der Waals surface area contributed by atoms with E-state index >= 15 is 0 Å². The highest BCUT2D eigenvalue weighted by Gasteiger charge is 2.30. The van der Waals surface area contributed by atoms with Gasteiger partial charge in [-0.25, -0.2) is 4.57 Å². The molecule has 0 amide bonds. The molecule has 0 aliphatic heterocycles. The molecule has 1 aliphatic rings. The van der Waals surface area contributed by atoms with Crippen LogP contribution in [0.1, 0.15) is 32.1 Å². The van der Waals surface area contributed by atoms with Gasteiger partial charge in [0.15, 0.2) is 0 Å². The van der Waals surface area contributed by atoms with Crippen molar-refractivity contribution in [3.63, 3.8) is 0 Å². The molecule has 1 saturated carbocycles. The summed E-state index contributed by atoms with van der Waals surface area (Å²) < 4.78 is 28.0. The third-order valence-corrected chi connectivity index (χ3v) is 4.02. The molecule has 0 radical (unpaired) electrons. The molecule has 0 aromatic carbocycles. The van der Waals surface area contributed by atoms with E-state index in [4.69, 9.17) is 13.6 Å². The van der Waals surface area contributed by atoms with Gasteiger partial charge in [-0.2, -0.15) is 0 Å². The predicted molar refractivity (Wildman–Crippen MR) is 67.9 cm³/mol. The predicted octanol–water partition coefficient (Wildman–Crippen LogP) is 3.85.